The average molecular weight is 358 g/mol. The SMILES string of the molecule is CCOC(=O)c1ccc(N2CCN(C(=O)C3=NNC(=O)CC3)CC2)cc1. The number of hydrazone groups is 1. The second-order valence-corrected chi connectivity index (χ2v) is 6.14. The van der Waals surface area contributed by atoms with Crippen LogP contribution in [0, 0.1) is 0 Å². The first-order valence-electron chi connectivity index (χ1n) is 8.75. The maximum Gasteiger partial charge on any atom is 0.338 e. The molecule has 1 N–H and O–H groups in total. The van der Waals surface area contributed by atoms with Crippen LogP contribution in [0.3, 0.4) is 0 Å². The summed E-state index contributed by atoms with van der Waals surface area (Å²) in [5, 5.41) is 3.87. The highest BCUT2D eigenvalue weighted by Gasteiger charge is 2.26. The number of carbonyl (C=O) groups excluding carboxylic acids is 3. The van der Waals surface area contributed by atoms with Gasteiger partial charge in [-0.2, -0.15) is 5.10 Å². The summed E-state index contributed by atoms with van der Waals surface area (Å²) in [6.07, 6.45) is 0.692. The summed E-state index contributed by atoms with van der Waals surface area (Å²) >= 11 is 0. The van der Waals surface area contributed by atoms with Crippen molar-refractivity contribution in [3.8, 4) is 0 Å². The molecule has 0 aliphatic carbocycles. The van der Waals surface area contributed by atoms with E-state index >= 15 is 0 Å². The van der Waals surface area contributed by atoms with Crippen LogP contribution in [0.1, 0.15) is 30.1 Å². The van der Waals surface area contributed by atoms with E-state index in [0.29, 0.717) is 56.9 Å². The van der Waals surface area contributed by atoms with Crippen molar-refractivity contribution in [3.05, 3.63) is 29.8 Å². The second kappa shape index (κ2) is 7.99. The van der Waals surface area contributed by atoms with Gasteiger partial charge in [-0.05, 0) is 31.2 Å². The Morgan fingerprint density at radius 1 is 1.12 bits per heavy atom. The predicted octanol–water partition coefficient (Wildman–Crippen LogP) is 0.778. The van der Waals surface area contributed by atoms with Crippen molar-refractivity contribution in [2.24, 2.45) is 5.10 Å². The minimum Gasteiger partial charge on any atom is -0.462 e. The van der Waals surface area contributed by atoms with E-state index in [2.05, 4.69) is 15.4 Å². The van der Waals surface area contributed by atoms with Gasteiger partial charge in [0.15, 0.2) is 0 Å². The molecule has 0 radical (unpaired) electrons. The highest BCUT2D eigenvalue weighted by molar-refractivity contribution is 6.39. The molecule has 2 aliphatic rings. The number of piperazine rings is 1. The molecule has 3 rings (SSSR count). The van der Waals surface area contributed by atoms with Crippen LogP contribution in [-0.2, 0) is 14.3 Å². The summed E-state index contributed by atoms with van der Waals surface area (Å²) in [7, 11) is 0. The number of rotatable bonds is 4. The van der Waals surface area contributed by atoms with Gasteiger partial charge in [-0.25, -0.2) is 10.2 Å². The van der Waals surface area contributed by atoms with Crippen molar-refractivity contribution in [2.45, 2.75) is 19.8 Å². The lowest BCUT2D eigenvalue weighted by atomic mass is 10.1. The number of hydrogen-bond donors (Lipinski definition) is 1. The Hall–Kier alpha value is -2.90. The number of amides is 2. The van der Waals surface area contributed by atoms with Crippen molar-refractivity contribution < 1.29 is 19.1 Å². The van der Waals surface area contributed by atoms with Crippen LogP contribution in [0.4, 0.5) is 5.69 Å². The van der Waals surface area contributed by atoms with Gasteiger partial charge in [-0.15, -0.1) is 0 Å². The monoisotopic (exact) mass is 358 g/mol. The van der Waals surface area contributed by atoms with Crippen LogP contribution >= 0.6 is 0 Å². The molecule has 0 bridgehead atoms. The zero-order chi connectivity index (χ0) is 18.5. The van der Waals surface area contributed by atoms with E-state index in [-0.39, 0.29) is 17.8 Å². The Balaban J connectivity index is 1.56. The third-order valence-corrected chi connectivity index (χ3v) is 4.46. The molecule has 1 saturated heterocycles. The molecule has 26 heavy (non-hydrogen) atoms. The molecule has 2 heterocycles. The lowest BCUT2D eigenvalue weighted by Crippen LogP contribution is -2.51. The van der Waals surface area contributed by atoms with Gasteiger partial charge in [0.2, 0.25) is 5.91 Å². The predicted molar refractivity (Wildman–Crippen MR) is 96.0 cm³/mol. The number of carbonyl (C=O) groups is 3. The number of nitrogens with one attached hydrogen (secondary N) is 1. The largest absolute Gasteiger partial charge is 0.462 e. The average Bonchev–Trinajstić information content (AvgIpc) is 2.68. The van der Waals surface area contributed by atoms with E-state index in [9.17, 15) is 14.4 Å². The number of esters is 1. The number of anilines is 1. The summed E-state index contributed by atoms with van der Waals surface area (Å²) in [4.78, 5) is 39.2. The van der Waals surface area contributed by atoms with E-state index in [0.717, 1.165) is 5.69 Å². The minimum atomic E-state index is -0.324. The van der Waals surface area contributed by atoms with E-state index in [1.807, 2.05) is 12.1 Å². The number of benzene rings is 1. The Morgan fingerprint density at radius 3 is 2.38 bits per heavy atom. The normalized spacial score (nSPS) is 17.4. The van der Waals surface area contributed by atoms with Gasteiger partial charge >= 0.3 is 5.97 Å². The van der Waals surface area contributed by atoms with Gasteiger partial charge in [0.1, 0.15) is 5.71 Å². The summed E-state index contributed by atoms with van der Waals surface area (Å²) in [6, 6.07) is 7.30. The van der Waals surface area contributed by atoms with Crippen molar-refractivity contribution in [3.63, 3.8) is 0 Å². The standard InChI is InChI=1S/C18H22N4O4/c1-2-26-18(25)13-3-5-14(6-4-13)21-9-11-22(12-10-21)17(24)15-7-8-16(23)20-19-15/h3-6H,2,7-12H2,1H3,(H,20,23). The van der Waals surface area contributed by atoms with Crippen LogP contribution in [0.25, 0.3) is 0 Å². The Bertz CT molecular complexity index is 721. The van der Waals surface area contributed by atoms with Crippen LogP contribution < -0.4 is 10.3 Å². The fourth-order valence-corrected chi connectivity index (χ4v) is 3.00. The molecule has 8 nitrogen and oxygen atoms in total. The van der Waals surface area contributed by atoms with E-state index < -0.39 is 0 Å². The Labute approximate surface area is 151 Å². The maximum absolute atomic E-state index is 12.5. The molecule has 2 aliphatic heterocycles. The Morgan fingerprint density at radius 2 is 1.81 bits per heavy atom. The molecule has 138 valence electrons. The van der Waals surface area contributed by atoms with Crippen LogP contribution in [0.5, 0.6) is 0 Å². The topological polar surface area (TPSA) is 91.3 Å². The first-order chi connectivity index (χ1) is 12.6. The van der Waals surface area contributed by atoms with Gasteiger partial charge < -0.3 is 14.5 Å². The zero-order valence-electron chi connectivity index (χ0n) is 14.7. The molecule has 1 aromatic rings. The van der Waals surface area contributed by atoms with Crippen LogP contribution in [-0.4, -0.2) is 61.2 Å². The van der Waals surface area contributed by atoms with Gasteiger partial charge in [0, 0.05) is 44.7 Å². The molecule has 8 heteroatoms. The molecular formula is C18H22N4O4. The van der Waals surface area contributed by atoms with E-state index in [1.54, 1.807) is 24.0 Å². The summed E-state index contributed by atoms with van der Waals surface area (Å²) in [5.74, 6) is -0.588. The molecule has 0 unspecified atom stereocenters. The quantitative estimate of drug-likeness (QED) is 0.803. The fraction of sp³-hybridized carbons (Fsp3) is 0.444. The molecule has 0 saturated carbocycles. The number of nitrogens with zero attached hydrogens (tertiary/aromatic N) is 3. The van der Waals surface area contributed by atoms with Gasteiger partial charge in [-0.3, -0.25) is 9.59 Å². The minimum absolute atomic E-state index is 0.109. The summed E-state index contributed by atoms with van der Waals surface area (Å²) in [5.41, 5.74) is 4.31. The first-order valence-corrected chi connectivity index (χ1v) is 8.75. The van der Waals surface area contributed by atoms with Crippen molar-refractivity contribution >= 4 is 29.2 Å². The highest BCUT2D eigenvalue weighted by Crippen LogP contribution is 2.18. The fourth-order valence-electron chi connectivity index (χ4n) is 3.00. The van der Waals surface area contributed by atoms with Crippen LogP contribution in [0.15, 0.2) is 29.4 Å². The maximum atomic E-state index is 12.5. The smallest absolute Gasteiger partial charge is 0.338 e. The third kappa shape index (κ3) is 4.01. The number of ether oxygens (including phenoxy) is 1. The van der Waals surface area contributed by atoms with Crippen molar-refractivity contribution in [1.29, 1.82) is 0 Å². The molecule has 0 atom stereocenters. The van der Waals surface area contributed by atoms with Crippen molar-refractivity contribution in [2.75, 3.05) is 37.7 Å². The molecule has 0 spiro atoms. The van der Waals surface area contributed by atoms with Crippen molar-refractivity contribution in [1.82, 2.24) is 10.3 Å². The van der Waals surface area contributed by atoms with E-state index in [4.69, 9.17) is 4.74 Å². The van der Waals surface area contributed by atoms with E-state index in [1.165, 1.54) is 0 Å². The molecule has 0 aromatic heterocycles. The molecule has 1 aromatic carbocycles. The lowest BCUT2D eigenvalue weighted by molar-refractivity contribution is -0.124. The molecule has 1 fully saturated rings. The zero-order valence-corrected chi connectivity index (χ0v) is 14.7. The lowest BCUT2D eigenvalue weighted by Gasteiger charge is -2.36. The molecule has 2 amide bonds. The highest BCUT2D eigenvalue weighted by atomic mass is 16.5. The van der Waals surface area contributed by atoms with Gasteiger partial charge in [-0.1, -0.05) is 0 Å². The number of hydrogen-bond acceptors (Lipinski definition) is 6. The second-order valence-electron chi connectivity index (χ2n) is 6.14. The first kappa shape index (κ1) is 17.9. The van der Waals surface area contributed by atoms with Gasteiger partial charge in [0.05, 0.1) is 12.2 Å². The third-order valence-electron chi connectivity index (χ3n) is 4.46. The van der Waals surface area contributed by atoms with Gasteiger partial charge in [0.25, 0.3) is 5.91 Å². The van der Waals surface area contributed by atoms with Crippen LogP contribution in [0.2, 0.25) is 0 Å². The summed E-state index contributed by atoms with van der Waals surface area (Å²) < 4.78 is 4.98. The summed E-state index contributed by atoms with van der Waals surface area (Å²) in [6.45, 7) is 4.70. The Kier molecular flexibility index (Phi) is 5.50. The molecular weight excluding hydrogens is 336 g/mol.